The first-order valence-electron chi connectivity index (χ1n) is 4.89. The number of nitrogens with zero attached hydrogens (tertiary/aromatic N) is 3. The van der Waals surface area contributed by atoms with Gasteiger partial charge in [-0.25, -0.2) is 0 Å². The van der Waals surface area contributed by atoms with Gasteiger partial charge in [0.2, 0.25) is 0 Å². The van der Waals surface area contributed by atoms with E-state index in [0.29, 0.717) is 18.8 Å². The zero-order valence-electron chi connectivity index (χ0n) is 8.77. The van der Waals surface area contributed by atoms with Crippen molar-refractivity contribution in [1.82, 2.24) is 0 Å². The minimum absolute atomic E-state index is 0.317. The second-order valence-corrected chi connectivity index (χ2v) is 4.40. The van der Waals surface area contributed by atoms with Crippen LogP contribution < -0.4 is 0 Å². The highest BCUT2D eigenvalue weighted by Gasteiger charge is 2.37. The van der Waals surface area contributed by atoms with E-state index in [0.717, 1.165) is 12.0 Å². The van der Waals surface area contributed by atoms with Crippen LogP contribution in [0.2, 0.25) is 0 Å². The van der Waals surface area contributed by atoms with Crippen LogP contribution in [0.5, 0.6) is 0 Å². The van der Waals surface area contributed by atoms with Crippen molar-refractivity contribution in [3.63, 3.8) is 0 Å². The molecule has 1 N–H and O–H groups in total. The summed E-state index contributed by atoms with van der Waals surface area (Å²) in [6, 6.07) is -0.317. The topological polar surface area (TPSA) is 69.0 Å². The number of hydrogen-bond donors (Lipinski definition) is 1. The zero-order valence-corrected chi connectivity index (χ0v) is 8.77. The molecule has 0 amide bonds. The number of hydrogen-bond acceptors (Lipinski definition) is 2. The van der Waals surface area contributed by atoms with E-state index >= 15 is 0 Å². The number of azide groups is 1. The Kier molecular flexibility index (Phi) is 3.19. The average Bonchev–Trinajstić information content (AvgIpc) is 2.08. The van der Waals surface area contributed by atoms with Crippen LogP contribution in [0.4, 0.5) is 0 Å². The first kappa shape index (κ1) is 11.1. The summed E-state index contributed by atoms with van der Waals surface area (Å²) in [5.74, 6) is 0.380. The number of aliphatic hydroxyl groups is 1. The second kappa shape index (κ2) is 4.03. The van der Waals surface area contributed by atoms with E-state index in [1.807, 2.05) is 6.92 Å². The first-order valence-corrected chi connectivity index (χ1v) is 4.89. The molecule has 0 aromatic rings. The lowest BCUT2D eigenvalue weighted by Gasteiger charge is -2.38. The molecule has 14 heavy (non-hydrogen) atoms. The molecule has 0 spiro atoms. The third-order valence-electron chi connectivity index (χ3n) is 3.11. The van der Waals surface area contributed by atoms with Gasteiger partial charge in [0.25, 0.3) is 0 Å². The van der Waals surface area contributed by atoms with E-state index in [1.54, 1.807) is 6.92 Å². The van der Waals surface area contributed by atoms with Crippen molar-refractivity contribution >= 4 is 0 Å². The summed E-state index contributed by atoms with van der Waals surface area (Å²) in [4.78, 5) is 2.78. The quantitative estimate of drug-likeness (QED) is 0.313. The molecule has 1 rings (SSSR count). The summed E-state index contributed by atoms with van der Waals surface area (Å²) < 4.78 is 0. The first-order chi connectivity index (χ1) is 6.47. The molecule has 0 aliphatic heterocycles. The average molecular weight is 195 g/mol. The monoisotopic (exact) mass is 195 g/mol. The molecule has 4 heteroatoms. The molecule has 0 bridgehead atoms. The second-order valence-electron chi connectivity index (χ2n) is 4.40. The summed E-state index contributed by atoms with van der Waals surface area (Å²) in [7, 11) is 0. The van der Waals surface area contributed by atoms with Crippen molar-refractivity contribution in [3.8, 4) is 0 Å². The fourth-order valence-electron chi connectivity index (χ4n) is 1.96. The van der Waals surface area contributed by atoms with Crippen LogP contribution in [-0.4, -0.2) is 16.7 Å². The van der Waals surface area contributed by atoms with Crippen LogP contribution in [0.25, 0.3) is 10.4 Å². The van der Waals surface area contributed by atoms with Crippen LogP contribution in [-0.2, 0) is 0 Å². The maximum Gasteiger partial charge on any atom is 0.0704 e. The maximum atomic E-state index is 9.97. The van der Waals surface area contributed by atoms with Crippen molar-refractivity contribution in [2.24, 2.45) is 11.0 Å². The van der Waals surface area contributed by atoms with Gasteiger partial charge in [-0.1, -0.05) is 17.3 Å². The fraction of sp³-hybridized carbons (Fsp3) is 0.800. The van der Waals surface area contributed by atoms with Crippen LogP contribution in [0.3, 0.4) is 0 Å². The maximum absolute atomic E-state index is 9.97. The molecule has 1 fully saturated rings. The standard InChI is InChI=1S/C10H17N3O/c1-7(2)8-4-5-10(3,14)9(6-8)12-13-11/h8-9,14H,1,4-6H2,2-3H3/t8-,9-,10-/m1/s1. The Bertz CT molecular complexity index is 279. The van der Waals surface area contributed by atoms with Gasteiger partial charge in [-0.3, -0.25) is 0 Å². The molecule has 78 valence electrons. The van der Waals surface area contributed by atoms with Crippen LogP contribution in [0.1, 0.15) is 33.1 Å². The summed E-state index contributed by atoms with van der Waals surface area (Å²) in [6.07, 6.45) is 2.32. The normalized spacial score (nSPS) is 37.4. The highest BCUT2D eigenvalue weighted by atomic mass is 16.3. The predicted molar refractivity (Wildman–Crippen MR) is 55.7 cm³/mol. The molecule has 0 heterocycles. The van der Waals surface area contributed by atoms with Gasteiger partial charge < -0.3 is 5.11 Å². The van der Waals surface area contributed by atoms with Crippen LogP contribution in [0.15, 0.2) is 17.3 Å². The van der Waals surface area contributed by atoms with E-state index in [4.69, 9.17) is 5.53 Å². The molecule has 1 aliphatic rings. The van der Waals surface area contributed by atoms with Gasteiger partial charge in [0.1, 0.15) is 0 Å². The summed E-state index contributed by atoms with van der Waals surface area (Å²) >= 11 is 0. The summed E-state index contributed by atoms with van der Waals surface area (Å²) in [5.41, 5.74) is 8.66. The van der Waals surface area contributed by atoms with Gasteiger partial charge >= 0.3 is 0 Å². The van der Waals surface area contributed by atoms with Gasteiger partial charge in [-0.05, 0) is 44.6 Å². The Morgan fingerprint density at radius 1 is 1.71 bits per heavy atom. The largest absolute Gasteiger partial charge is 0.390 e. The molecule has 4 nitrogen and oxygen atoms in total. The van der Waals surface area contributed by atoms with Crippen molar-refractivity contribution in [2.75, 3.05) is 0 Å². The highest BCUT2D eigenvalue weighted by molar-refractivity contribution is 5.05. The molecule has 1 aliphatic carbocycles. The Labute approximate surface area is 84.3 Å². The molecule has 0 saturated heterocycles. The van der Waals surface area contributed by atoms with Gasteiger partial charge in [0.15, 0.2) is 0 Å². The number of rotatable bonds is 2. The smallest absolute Gasteiger partial charge is 0.0704 e. The Morgan fingerprint density at radius 2 is 2.36 bits per heavy atom. The molecule has 3 atom stereocenters. The van der Waals surface area contributed by atoms with Crippen LogP contribution >= 0.6 is 0 Å². The minimum Gasteiger partial charge on any atom is -0.390 e. The lowest BCUT2D eigenvalue weighted by molar-refractivity contribution is -0.00621. The Morgan fingerprint density at radius 3 is 2.86 bits per heavy atom. The van der Waals surface area contributed by atoms with Crippen molar-refractivity contribution in [3.05, 3.63) is 22.6 Å². The Hall–Kier alpha value is -0.990. The molecule has 0 aromatic carbocycles. The van der Waals surface area contributed by atoms with Gasteiger partial charge in [-0.15, -0.1) is 0 Å². The summed E-state index contributed by atoms with van der Waals surface area (Å²) in [6.45, 7) is 7.63. The molecular weight excluding hydrogens is 178 g/mol. The van der Waals surface area contributed by atoms with Crippen molar-refractivity contribution in [1.29, 1.82) is 0 Å². The molecule has 0 aromatic heterocycles. The van der Waals surface area contributed by atoms with E-state index in [-0.39, 0.29) is 6.04 Å². The van der Waals surface area contributed by atoms with E-state index in [2.05, 4.69) is 16.6 Å². The minimum atomic E-state index is -0.849. The lowest BCUT2D eigenvalue weighted by Crippen LogP contribution is -2.43. The zero-order chi connectivity index (χ0) is 10.8. The molecule has 0 radical (unpaired) electrons. The molecule has 0 unspecified atom stereocenters. The SMILES string of the molecule is C=C(C)[C@@H]1CC[C@@](C)(O)[C@H](N=[N+]=[N-])C1. The van der Waals surface area contributed by atoms with Crippen LogP contribution in [0, 0.1) is 5.92 Å². The third kappa shape index (κ3) is 2.28. The molecule has 1 saturated carbocycles. The van der Waals surface area contributed by atoms with Gasteiger partial charge in [0.05, 0.1) is 11.6 Å². The fourth-order valence-corrected chi connectivity index (χ4v) is 1.96. The molecular formula is C10H17N3O. The summed E-state index contributed by atoms with van der Waals surface area (Å²) in [5, 5.41) is 13.6. The van der Waals surface area contributed by atoms with E-state index < -0.39 is 5.60 Å². The van der Waals surface area contributed by atoms with Gasteiger partial charge in [-0.2, -0.15) is 0 Å². The third-order valence-corrected chi connectivity index (χ3v) is 3.11. The lowest BCUT2D eigenvalue weighted by atomic mass is 9.74. The predicted octanol–water partition coefficient (Wildman–Crippen LogP) is 2.79. The Balaban J connectivity index is 2.77. The van der Waals surface area contributed by atoms with E-state index in [1.165, 1.54) is 0 Å². The van der Waals surface area contributed by atoms with Crippen molar-refractivity contribution in [2.45, 2.75) is 44.8 Å². The highest BCUT2D eigenvalue weighted by Crippen LogP contribution is 2.36. The van der Waals surface area contributed by atoms with Gasteiger partial charge in [0, 0.05) is 4.91 Å². The van der Waals surface area contributed by atoms with Crippen molar-refractivity contribution < 1.29 is 5.11 Å². The van der Waals surface area contributed by atoms with E-state index in [9.17, 15) is 5.11 Å². The number of allylic oxidation sites excluding steroid dienone is 1.